The van der Waals surface area contributed by atoms with Gasteiger partial charge in [-0.1, -0.05) is 168 Å². The molecule has 36 heavy (non-hydrogen) atoms. The van der Waals surface area contributed by atoms with Gasteiger partial charge < -0.3 is 15.2 Å². The van der Waals surface area contributed by atoms with Crippen LogP contribution in [0.5, 0.6) is 0 Å². The largest absolute Gasteiger partial charge is 0.379 e. The Bertz CT molecular complexity index is 377. The topological polar surface area (TPSA) is 44.5 Å². The summed E-state index contributed by atoms with van der Waals surface area (Å²) in [6.45, 7) is 7.50. The predicted molar refractivity (Wildman–Crippen MR) is 161 cm³/mol. The standard InChI is InChI=1S/C33H69NO2/c1-3-5-7-9-11-13-15-16-17-18-19-20-22-24-26-28-30-36-33(31-34)32-35-29-27-25-23-21-14-12-10-8-6-4-2/h33H,3-32,34H2,1-2H3. The highest BCUT2D eigenvalue weighted by Gasteiger charge is 2.07. The second kappa shape index (κ2) is 32.9. The quantitative estimate of drug-likeness (QED) is 0.0913. The molecule has 0 spiro atoms. The molecule has 0 aliphatic carbocycles. The fraction of sp³-hybridized carbons (Fsp3) is 1.00. The first-order valence-electron chi connectivity index (χ1n) is 16.7. The Kier molecular flexibility index (Phi) is 32.8. The second-order valence-electron chi connectivity index (χ2n) is 11.3. The minimum absolute atomic E-state index is 0.0736. The first kappa shape index (κ1) is 35.9. The number of hydrogen-bond acceptors (Lipinski definition) is 3. The molecule has 3 nitrogen and oxygen atoms in total. The summed E-state index contributed by atoms with van der Waals surface area (Å²) < 4.78 is 11.8. The fourth-order valence-electron chi connectivity index (χ4n) is 4.99. The molecule has 0 aromatic carbocycles. The van der Waals surface area contributed by atoms with E-state index < -0.39 is 0 Å². The molecule has 0 aromatic rings. The van der Waals surface area contributed by atoms with E-state index in [9.17, 15) is 0 Å². The van der Waals surface area contributed by atoms with Gasteiger partial charge in [-0.15, -0.1) is 0 Å². The number of nitrogens with two attached hydrogens (primary N) is 1. The first-order valence-corrected chi connectivity index (χ1v) is 16.7. The van der Waals surface area contributed by atoms with Crippen LogP contribution in [0.3, 0.4) is 0 Å². The molecule has 0 rings (SSSR count). The normalized spacial score (nSPS) is 12.4. The summed E-state index contributed by atoms with van der Waals surface area (Å²) in [7, 11) is 0. The van der Waals surface area contributed by atoms with Crippen molar-refractivity contribution in [3.8, 4) is 0 Å². The Morgan fingerprint density at radius 1 is 0.417 bits per heavy atom. The average Bonchev–Trinajstić information content (AvgIpc) is 2.89. The summed E-state index contributed by atoms with van der Waals surface area (Å²) in [5, 5.41) is 0. The van der Waals surface area contributed by atoms with Crippen molar-refractivity contribution in [2.24, 2.45) is 5.73 Å². The third-order valence-corrected chi connectivity index (χ3v) is 7.56. The van der Waals surface area contributed by atoms with Crippen LogP contribution in [0.25, 0.3) is 0 Å². The summed E-state index contributed by atoms with van der Waals surface area (Å²) in [4.78, 5) is 0. The van der Waals surface area contributed by atoms with Gasteiger partial charge in [0.2, 0.25) is 0 Å². The van der Waals surface area contributed by atoms with Crippen molar-refractivity contribution < 1.29 is 9.47 Å². The smallest absolute Gasteiger partial charge is 0.0930 e. The minimum Gasteiger partial charge on any atom is -0.379 e. The maximum atomic E-state index is 5.96. The Morgan fingerprint density at radius 3 is 1.06 bits per heavy atom. The Hall–Kier alpha value is -0.120. The lowest BCUT2D eigenvalue weighted by atomic mass is 10.0. The van der Waals surface area contributed by atoms with Gasteiger partial charge in [0, 0.05) is 19.8 Å². The third kappa shape index (κ3) is 30.1. The molecule has 1 unspecified atom stereocenters. The minimum atomic E-state index is 0.0736. The van der Waals surface area contributed by atoms with E-state index in [0.29, 0.717) is 13.2 Å². The Morgan fingerprint density at radius 2 is 0.722 bits per heavy atom. The number of ether oxygens (including phenoxy) is 2. The highest BCUT2D eigenvalue weighted by Crippen LogP contribution is 2.14. The van der Waals surface area contributed by atoms with E-state index in [4.69, 9.17) is 15.2 Å². The molecule has 0 heterocycles. The van der Waals surface area contributed by atoms with Crippen LogP contribution >= 0.6 is 0 Å². The number of unbranched alkanes of at least 4 members (excludes halogenated alkanes) is 24. The molecule has 0 aromatic heterocycles. The molecule has 3 heteroatoms. The van der Waals surface area contributed by atoms with Crippen molar-refractivity contribution in [2.45, 2.75) is 187 Å². The van der Waals surface area contributed by atoms with Gasteiger partial charge in [-0.05, 0) is 12.8 Å². The second-order valence-corrected chi connectivity index (χ2v) is 11.3. The zero-order chi connectivity index (χ0) is 26.2. The summed E-state index contributed by atoms with van der Waals surface area (Å²) in [5.74, 6) is 0. The van der Waals surface area contributed by atoms with Crippen molar-refractivity contribution in [1.29, 1.82) is 0 Å². The van der Waals surface area contributed by atoms with Crippen LogP contribution in [0.4, 0.5) is 0 Å². The van der Waals surface area contributed by atoms with Crippen molar-refractivity contribution in [3.05, 3.63) is 0 Å². The molecule has 0 saturated carbocycles. The molecule has 0 radical (unpaired) electrons. The highest BCUT2D eigenvalue weighted by atomic mass is 16.5. The van der Waals surface area contributed by atoms with E-state index in [-0.39, 0.29) is 6.10 Å². The van der Waals surface area contributed by atoms with Gasteiger partial charge >= 0.3 is 0 Å². The van der Waals surface area contributed by atoms with E-state index in [1.54, 1.807) is 0 Å². The van der Waals surface area contributed by atoms with Gasteiger partial charge in [0.25, 0.3) is 0 Å². The van der Waals surface area contributed by atoms with Crippen molar-refractivity contribution >= 4 is 0 Å². The van der Waals surface area contributed by atoms with Crippen LogP contribution < -0.4 is 5.73 Å². The number of hydrogen-bond donors (Lipinski definition) is 1. The molecular formula is C33H69NO2. The lowest BCUT2D eigenvalue weighted by Crippen LogP contribution is -2.29. The molecule has 0 aliphatic rings. The van der Waals surface area contributed by atoms with Gasteiger partial charge in [0.15, 0.2) is 0 Å². The predicted octanol–water partition coefficient (Wildman–Crippen LogP) is 10.5. The van der Waals surface area contributed by atoms with Gasteiger partial charge in [-0.25, -0.2) is 0 Å². The summed E-state index contributed by atoms with van der Waals surface area (Å²) in [5.41, 5.74) is 5.88. The molecule has 0 fully saturated rings. The fourth-order valence-corrected chi connectivity index (χ4v) is 4.99. The molecule has 0 aliphatic heterocycles. The van der Waals surface area contributed by atoms with Crippen LogP contribution in [0.1, 0.15) is 181 Å². The molecule has 0 amide bonds. The van der Waals surface area contributed by atoms with Gasteiger partial charge in [-0.3, -0.25) is 0 Å². The van der Waals surface area contributed by atoms with Gasteiger partial charge in [0.05, 0.1) is 12.7 Å². The third-order valence-electron chi connectivity index (χ3n) is 7.56. The van der Waals surface area contributed by atoms with E-state index >= 15 is 0 Å². The molecule has 1 atom stereocenters. The monoisotopic (exact) mass is 512 g/mol. The molecule has 0 bridgehead atoms. The molecule has 2 N–H and O–H groups in total. The SMILES string of the molecule is CCCCCCCCCCCCCCCCCCOC(CN)COCCCCCCCCCCCC. The van der Waals surface area contributed by atoms with Crippen molar-refractivity contribution in [1.82, 2.24) is 0 Å². The van der Waals surface area contributed by atoms with E-state index in [1.807, 2.05) is 0 Å². The lowest BCUT2D eigenvalue weighted by molar-refractivity contribution is -0.0136. The molecule has 0 saturated heterocycles. The number of rotatable bonds is 32. The molecule has 218 valence electrons. The highest BCUT2D eigenvalue weighted by molar-refractivity contribution is 4.58. The van der Waals surface area contributed by atoms with Gasteiger partial charge in [-0.2, -0.15) is 0 Å². The Balaban J connectivity index is 3.24. The first-order chi connectivity index (χ1) is 17.8. The summed E-state index contributed by atoms with van der Waals surface area (Å²) >= 11 is 0. The summed E-state index contributed by atoms with van der Waals surface area (Å²) in [6.07, 6.45) is 36.2. The van der Waals surface area contributed by atoms with Gasteiger partial charge in [0.1, 0.15) is 0 Å². The summed E-state index contributed by atoms with van der Waals surface area (Å²) in [6, 6.07) is 0. The zero-order valence-corrected chi connectivity index (χ0v) is 25.2. The van der Waals surface area contributed by atoms with Crippen molar-refractivity contribution in [3.63, 3.8) is 0 Å². The van der Waals surface area contributed by atoms with E-state index in [1.165, 1.54) is 161 Å². The maximum absolute atomic E-state index is 5.96. The zero-order valence-electron chi connectivity index (χ0n) is 25.2. The van der Waals surface area contributed by atoms with Crippen LogP contribution in [-0.4, -0.2) is 32.5 Å². The van der Waals surface area contributed by atoms with Crippen LogP contribution in [0.15, 0.2) is 0 Å². The Labute approximate surface area is 228 Å². The van der Waals surface area contributed by atoms with Crippen LogP contribution in [0.2, 0.25) is 0 Å². The van der Waals surface area contributed by atoms with E-state index in [0.717, 1.165) is 19.6 Å². The van der Waals surface area contributed by atoms with Crippen LogP contribution in [-0.2, 0) is 9.47 Å². The average molecular weight is 512 g/mol. The molecular weight excluding hydrogens is 442 g/mol. The maximum Gasteiger partial charge on any atom is 0.0930 e. The van der Waals surface area contributed by atoms with Crippen LogP contribution in [0, 0.1) is 0 Å². The van der Waals surface area contributed by atoms with E-state index in [2.05, 4.69) is 13.8 Å². The lowest BCUT2D eigenvalue weighted by Gasteiger charge is -2.16. The van der Waals surface area contributed by atoms with Crippen molar-refractivity contribution in [2.75, 3.05) is 26.4 Å².